The Balaban J connectivity index is 1.30. The number of rotatable bonds is 24. The first kappa shape index (κ1) is 53.2. The summed E-state index contributed by atoms with van der Waals surface area (Å²) in [5, 5.41) is 14.2. The highest BCUT2D eigenvalue weighted by atomic mass is 32.1. The first-order valence-electron chi connectivity index (χ1n) is 22.7. The minimum absolute atomic E-state index is 0.00328. The quantitative estimate of drug-likeness (QED) is 0.0286. The van der Waals surface area contributed by atoms with Crippen LogP contribution in [0.25, 0.3) is 21.3 Å². The van der Waals surface area contributed by atoms with Crippen molar-refractivity contribution in [3.05, 3.63) is 87.0 Å². The molecule has 72 heavy (non-hydrogen) atoms. The smallest absolute Gasteiger partial charge is 0.317 e. The molecule has 0 fully saturated rings. The maximum absolute atomic E-state index is 13.8. The number of aliphatic carboxylic acids is 1. The van der Waals surface area contributed by atoms with Gasteiger partial charge in [0.15, 0.2) is 16.6 Å². The van der Waals surface area contributed by atoms with Gasteiger partial charge < -0.3 is 59.8 Å². The third-order valence-corrected chi connectivity index (χ3v) is 11.9. The molecule has 4 heterocycles. The number of anilines is 1. The number of hydrogen-bond donors (Lipinski definition) is 6. The van der Waals surface area contributed by atoms with Gasteiger partial charge >= 0.3 is 17.8 Å². The predicted molar refractivity (Wildman–Crippen MR) is 259 cm³/mol. The Morgan fingerprint density at radius 3 is 2.12 bits per heavy atom. The molecule has 0 aliphatic heterocycles. The van der Waals surface area contributed by atoms with Gasteiger partial charge in [-0.15, -0.1) is 0 Å². The predicted octanol–water partition coefficient (Wildman–Crippen LogP) is 3.63. The fourth-order valence-corrected chi connectivity index (χ4v) is 8.50. The van der Waals surface area contributed by atoms with Crippen LogP contribution in [-0.4, -0.2) is 103 Å². The van der Waals surface area contributed by atoms with Crippen LogP contribution in [-0.2, 0) is 45.1 Å². The third kappa shape index (κ3) is 12.8. The zero-order valence-corrected chi connectivity index (χ0v) is 41.2. The van der Waals surface area contributed by atoms with Gasteiger partial charge in [-0.25, -0.2) is 15.0 Å². The molecule has 382 valence electrons. The van der Waals surface area contributed by atoms with Crippen LogP contribution >= 0.6 is 11.3 Å². The number of aryl methyl sites for hydroxylation is 4. The Morgan fingerprint density at radius 1 is 0.861 bits per heavy atom. The zero-order chi connectivity index (χ0) is 52.4. The van der Waals surface area contributed by atoms with Crippen molar-refractivity contribution in [2.24, 2.45) is 22.2 Å². The van der Waals surface area contributed by atoms with Crippen molar-refractivity contribution in [2.45, 2.75) is 98.4 Å². The molecule has 0 unspecified atom stereocenters. The molecule has 0 bridgehead atoms. The number of carbonyl (C=O) groups is 7. The summed E-state index contributed by atoms with van der Waals surface area (Å²) >= 11 is 1.12. The van der Waals surface area contributed by atoms with E-state index < -0.39 is 53.6 Å². The van der Waals surface area contributed by atoms with Gasteiger partial charge in [0, 0.05) is 50.9 Å². The number of nitrogens with two attached hydrogens (primary N) is 3. The van der Waals surface area contributed by atoms with Crippen LogP contribution in [0.5, 0.6) is 11.5 Å². The molecule has 0 aliphatic carbocycles. The number of ether oxygens (including phenoxy) is 3. The van der Waals surface area contributed by atoms with Gasteiger partial charge in [0.2, 0.25) is 35.2 Å². The molecule has 2 aromatic carbocycles. The summed E-state index contributed by atoms with van der Waals surface area (Å²) < 4.78 is 32.5. The second kappa shape index (κ2) is 23.6. The van der Waals surface area contributed by atoms with Gasteiger partial charge in [-0.1, -0.05) is 37.3 Å². The van der Waals surface area contributed by atoms with Crippen LogP contribution < -0.4 is 42.1 Å². The summed E-state index contributed by atoms with van der Waals surface area (Å²) in [6, 6.07) is 4.89. The lowest BCUT2D eigenvalue weighted by Gasteiger charge is -2.16. The summed E-state index contributed by atoms with van der Waals surface area (Å²) in [6.45, 7) is 8.47. The number of carboxylic acids is 1. The van der Waals surface area contributed by atoms with E-state index >= 15 is 0 Å². The van der Waals surface area contributed by atoms with E-state index in [1.165, 1.54) is 25.3 Å². The fourth-order valence-electron chi connectivity index (χ4n) is 7.41. The van der Waals surface area contributed by atoms with Gasteiger partial charge in [-0.3, -0.25) is 38.9 Å². The minimum atomic E-state index is -1.08. The lowest BCUT2D eigenvalue weighted by Crippen LogP contribution is -2.43. The Morgan fingerprint density at radius 2 is 1.49 bits per heavy atom. The largest absolute Gasteiger partial charge is 0.494 e. The zero-order valence-electron chi connectivity index (χ0n) is 40.4. The van der Waals surface area contributed by atoms with E-state index in [0.717, 1.165) is 11.3 Å². The Kier molecular flexibility index (Phi) is 17.4. The fraction of sp³-hybridized carbons (Fsp3) is 0.383. The van der Waals surface area contributed by atoms with Crippen LogP contribution in [0.2, 0.25) is 0 Å². The maximum Gasteiger partial charge on any atom is 0.317 e. The lowest BCUT2D eigenvalue weighted by atomic mass is 10.1. The summed E-state index contributed by atoms with van der Waals surface area (Å²) in [6.07, 6.45) is 3.32. The van der Waals surface area contributed by atoms with E-state index in [1.807, 2.05) is 13.8 Å². The Bertz CT molecular complexity index is 3160. The van der Waals surface area contributed by atoms with Crippen molar-refractivity contribution < 1.29 is 61.7 Å². The highest BCUT2D eigenvalue weighted by Crippen LogP contribution is 2.33. The van der Waals surface area contributed by atoms with E-state index in [9.17, 15) is 33.6 Å². The first-order chi connectivity index (χ1) is 34.3. The van der Waals surface area contributed by atoms with Crippen LogP contribution in [0.1, 0.15) is 111 Å². The number of hydrogen-bond acceptors (Lipinski definition) is 17. The number of benzene rings is 2. The molecule has 2 atom stereocenters. The van der Waals surface area contributed by atoms with Crippen molar-refractivity contribution in [3.63, 3.8) is 0 Å². The van der Waals surface area contributed by atoms with Crippen molar-refractivity contribution in [2.75, 3.05) is 25.6 Å². The lowest BCUT2D eigenvalue weighted by molar-refractivity contribution is -0.149. The van der Waals surface area contributed by atoms with Crippen molar-refractivity contribution in [3.8, 4) is 11.5 Å². The van der Waals surface area contributed by atoms with Gasteiger partial charge in [-0.2, -0.15) is 4.99 Å². The van der Waals surface area contributed by atoms with Gasteiger partial charge in [0.1, 0.15) is 28.6 Å². The summed E-state index contributed by atoms with van der Waals surface area (Å²) in [4.78, 5) is 106. The average Bonchev–Trinajstić information content (AvgIpc) is 4.11. The number of imidazole rings is 1. The highest BCUT2D eigenvalue weighted by molar-refractivity contribution is 7.16. The monoisotopic (exact) mass is 1010 g/mol. The molecule has 6 aromatic rings. The maximum atomic E-state index is 13.8. The van der Waals surface area contributed by atoms with E-state index in [1.54, 1.807) is 48.1 Å². The molecule has 0 saturated carbocycles. The van der Waals surface area contributed by atoms with E-state index in [0.29, 0.717) is 51.6 Å². The molecule has 0 saturated heterocycles. The molecule has 5 amide bonds. The number of oxazole rings is 2. The van der Waals surface area contributed by atoms with Gasteiger partial charge in [0.05, 0.1) is 47.9 Å². The second-order valence-electron chi connectivity index (χ2n) is 16.2. The molecular weight excluding hydrogens is 959 g/mol. The minimum Gasteiger partial charge on any atom is -0.494 e. The van der Waals surface area contributed by atoms with Crippen molar-refractivity contribution in [1.29, 1.82) is 0 Å². The number of esters is 1. The van der Waals surface area contributed by atoms with Crippen LogP contribution in [0, 0.1) is 13.8 Å². The summed E-state index contributed by atoms with van der Waals surface area (Å²) in [7, 11) is 1.43. The first-order valence-corrected chi connectivity index (χ1v) is 23.5. The third-order valence-electron chi connectivity index (χ3n) is 10.9. The molecular formula is C47H55N11O13S. The number of nitrogens with zero attached hydrogens (tertiary/aromatic N) is 6. The van der Waals surface area contributed by atoms with Crippen LogP contribution in [0.3, 0.4) is 0 Å². The average molecular weight is 1010 g/mol. The van der Waals surface area contributed by atoms with Crippen LogP contribution in [0.4, 0.5) is 5.95 Å². The number of methoxy groups -OCH3 is 1. The molecule has 9 N–H and O–H groups in total. The standard InChI is InChI=1S/C47H55N11O13S/c1-7-29-39(70-24(4)52-29)44(65)55-46-54-31-18-26(41(49)62)20-33(68-17-11-12-36(61)69-23(3)22-51-43(64)28(48)13-14-35(59)60)37(31)57(46)15-9-10-16-58-38-32(67-6)19-27(42(50)63)21-34(38)72-47(58)56-45(66)40-30(8-2)53-25(5)71-40/h9-10,18-21,23,28H,7-8,11-17,22,48H2,1-6H3,(H2,49,62)(H2,50,63)(H,51,64)(H,59,60)(H,54,55,65)/b10-9+,56-47?/t23-,28-/m0/s1. The van der Waals surface area contributed by atoms with Gasteiger partial charge in [0.25, 0.3) is 5.91 Å². The Labute approximate surface area is 414 Å². The number of aromatic nitrogens is 5. The molecule has 25 heteroatoms. The van der Waals surface area contributed by atoms with Crippen molar-refractivity contribution in [1.82, 2.24) is 29.4 Å². The number of thiazole rings is 1. The van der Waals surface area contributed by atoms with E-state index in [4.69, 9.17) is 45.4 Å². The molecule has 0 aliphatic rings. The van der Waals surface area contributed by atoms with E-state index in [-0.39, 0.29) is 102 Å². The SMILES string of the molecule is CCc1nc(C)oc1C(=O)N=c1sc2cc(C(N)=O)cc(OC)c2n1C/C=C/Cn1c(NC(=O)c2oc(C)nc2CC)nc2cc(C(N)=O)cc(OCCCC(=O)O[C@@H](C)CNC(=O)[C@@H](N)CCC(=O)O)c21. The number of amides is 5. The molecule has 6 rings (SSSR count). The van der Waals surface area contributed by atoms with Crippen LogP contribution in [0.15, 0.2) is 50.2 Å². The molecule has 4 aromatic heterocycles. The Hall–Kier alpha value is -8.19. The molecule has 0 radical (unpaired) electrons. The molecule has 0 spiro atoms. The van der Waals surface area contributed by atoms with E-state index in [2.05, 4.69) is 30.6 Å². The normalized spacial score (nSPS) is 12.6. The second-order valence-corrected chi connectivity index (χ2v) is 17.2. The number of carbonyl (C=O) groups excluding carboxylic acids is 6. The van der Waals surface area contributed by atoms with Gasteiger partial charge in [-0.05, 0) is 56.9 Å². The number of allylic oxidation sites excluding steroid dienone is 2. The highest BCUT2D eigenvalue weighted by Gasteiger charge is 2.25. The van der Waals surface area contributed by atoms with Crippen molar-refractivity contribution >= 4 is 80.0 Å². The molecule has 24 nitrogen and oxygen atoms in total. The summed E-state index contributed by atoms with van der Waals surface area (Å²) in [5.41, 5.74) is 19.3. The number of nitrogens with one attached hydrogen (secondary N) is 2. The number of fused-ring (bicyclic) bond motifs is 2. The summed E-state index contributed by atoms with van der Waals surface area (Å²) in [5.74, 6) is -4.03. The number of primary amides is 2. The topological polar surface area (TPSA) is 357 Å². The number of carboxylic acid groups (broad SMARTS) is 1.